The van der Waals surface area contributed by atoms with Crippen molar-refractivity contribution in [1.29, 1.82) is 0 Å². The molecule has 2 aromatic carbocycles. The number of hydrogen-bond donors (Lipinski definition) is 1. The zero-order chi connectivity index (χ0) is 19.4. The summed E-state index contributed by atoms with van der Waals surface area (Å²) in [6.45, 7) is 5.65. The van der Waals surface area contributed by atoms with Crippen LogP contribution in [0.3, 0.4) is 0 Å². The van der Waals surface area contributed by atoms with E-state index in [1.54, 1.807) is 36.4 Å². The molecule has 1 aliphatic rings. The largest absolute Gasteiger partial charge is 0.317 e. The Morgan fingerprint density at radius 3 is 2.33 bits per heavy atom. The average Bonchev–Trinajstić information content (AvgIpc) is 2.65. The van der Waals surface area contributed by atoms with Crippen LogP contribution in [0, 0.1) is 0 Å². The van der Waals surface area contributed by atoms with E-state index in [1.807, 2.05) is 26.0 Å². The number of rotatable bonds is 6. The third-order valence-corrected chi connectivity index (χ3v) is 6.96. The Morgan fingerprint density at radius 2 is 1.70 bits per heavy atom. The molecule has 1 aliphatic heterocycles. The minimum Gasteiger partial charge on any atom is -0.317 e. The first-order valence-corrected chi connectivity index (χ1v) is 11.1. The molecule has 0 saturated carbocycles. The molecule has 1 N–H and O–H groups in total. The lowest BCUT2D eigenvalue weighted by atomic mass is 10.2. The molecule has 0 atom stereocenters. The Kier molecular flexibility index (Phi) is 6.29. The molecule has 1 fully saturated rings. The molecule has 7 heteroatoms. The van der Waals surface area contributed by atoms with Gasteiger partial charge in [0.05, 0.1) is 21.3 Å². The topological polar surface area (TPSA) is 52.6 Å². The quantitative estimate of drug-likeness (QED) is 0.750. The van der Waals surface area contributed by atoms with Crippen molar-refractivity contribution in [3.63, 3.8) is 0 Å². The second kappa shape index (κ2) is 8.50. The smallest absolute Gasteiger partial charge is 0.264 e. The molecular weight excluding hydrogens is 382 g/mol. The molecule has 5 nitrogen and oxygen atoms in total. The first-order chi connectivity index (χ1) is 12.9. The highest BCUT2D eigenvalue weighted by atomic mass is 35.5. The summed E-state index contributed by atoms with van der Waals surface area (Å²) in [6, 6.07) is 13.6. The van der Waals surface area contributed by atoms with Crippen molar-refractivity contribution in [2.24, 2.45) is 0 Å². The highest BCUT2D eigenvalue weighted by Gasteiger charge is 2.28. The maximum Gasteiger partial charge on any atom is 0.264 e. The highest BCUT2D eigenvalue weighted by Crippen LogP contribution is 2.32. The Morgan fingerprint density at radius 1 is 1.04 bits per heavy atom. The van der Waals surface area contributed by atoms with Crippen LogP contribution in [0.1, 0.15) is 33.1 Å². The molecular formula is C20H26ClN3O2S. The van der Waals surface area contributed by atoms with Gasteiger partial charge < -0.3 is 5.43 Å². The van der Waals surface area contributed by atoms with Crippen LogP contribution >= 0.6 is 11.6 Å². The average molecular weight is 408 g/mol. The van der Waals surface area contributed by atoms with Crippen molar-refractivity contribution in [2.75, 3.05) is 22.8 Å². The zero-order valence-corrected chi connectivity index (χ0v) is 17.3. The number of piperidine rings is 1. The Bertz CT molecular complexity index is 866. The third kappa shape index (κ3) is 4.57. The number of benzene rings is 2. The Labute approximate surface area is 167 Å². The van der Waals surface area contributed by atoms with Crippen molar-refractivity contribution >= 4 is 33.0 Å². The SMILES string of the molecule is CC(C)N(c1ccc(Cl)c(NN2CCCCC2)c1)S(=O)(=O)c1ccccc1. The van der Waals surface area contributed by atoms with Gasteiger partial charge in [-0.3, -0.25) is 4.31 Å². The van der Waals surface area contributed by atoms with Gasteiger partial charge in [0.1, 0.15) is 0 Å². The molecule has 3 rings (SSSR count). The van der Waals surface area contributed by atoms with Gasteiger partial charge in [0.25, 0.3) is 10.0 Å². The third-order valence-electron chi connectivity index (χ3n) is 4.61. The maximum atomic E-state index is 13.2. The van der Waals surface area contributed by atoms with Crippen molar-refractivity contribution in [1.82, 2.24) is 5.01 Å². The van der Waals surface area contributed by atoms with Crippen LogP contribution in [-0.4, -0.2) is 32.6 Å². The van der Waals surface area contributed by atoms with Gasteiger partial charge in [-0.2, -0.15) is 0 Å². The van der Waals surface area contributed by atoms with E-state index in [2.05, 4.69) is 10.4 Å². The summed E-state index contributed by atoms with van der Waals surface area (Å²) in [5, 5.41) is 2.71. The summed E-state index contributed by atoms with van der Waals surface area (Å²) < 4.78 is 27.9. The molecule has 146 valence electrons. The summed E-state index contributed by atoms with van der Waals surface area (Å²) in [4.78, 5) is 0.277. The fourth-order valence-electron chi connectivity index (χ4n) is 3.33. The van der Waals surface area contributed by atoms with Gasteiger partial charge in [0.15, 0.2) is 0 Å². The molecule has 0 aromatic heterocycles. The fraction of sp³-hybridized carbons (Fsp3) is 0.400. The normalized spacial score (nSPS) is 15.7. The summed E-state index contributed by atoms with van der Waals surface area (Å²) in [5.74, 6) is 0. The summed E-state index contributed by atoms with van der Waals surface area (Å²) >= 11 is 6.37. The Balaban J connectivity index is 1.95. The molecule has 0 bridgehead atoms. The van der Waals surface area contributed by atoms with E-state index >= 15 is 0 Å². The first kappa shape index (κ1) is 20.0. The van der Waals surface area contributed by atoms with Crippen LogP contribution in [0.15, 0.2) is 53.4 Å². The van der Waals surface area contributed by atoms with Crippen LogP contribution in [0.25, 0.3) is 0 Å². The molecule has 0 amide bonds. The van der Waals surface area contributed by atoms with E-state index in [-0.39, 0.29) is 10.9 Å². The molecule has 0 unspecified atom stereocenters. The minimum absolute atomic E-state index is 0.237. The second-order valence-corrected chi connectivity index (χ2v) is 9.25. The van der Waals surface area contributed by atoms with E-state index in [4.69, 9.17) is 11.6 Å². The first-order valence-electron chi connectivity index (χ1n) is 9.30. The van der Waals surface area contributed by atoms with Gasteiger partial charge >= 0.3 is 0 Å². The van der Waals surface area contributed by atoms with E-state index in [0.717, 1.165) is 31.6 Å². The van der Waals surface area contributed by atoms with Crippen LogP contribution < -0.4 is 9.73 Å². The summed E-state index contributed by atoms with van der Waals surface area (Å²) in [7, 11) is -3.67. The standard InChI is InChI=1S/C20H26ClN3O2S/c1-16(2)24(27(25,26)18-9-5-3-6-10-18)17-11-12-19(21)20(15-17)22-23-13-7-4-8-14-23/h3,5-6,9-12,15-16,22H,4,7-8,13-14H2,1-2H3. The Hall–Kier alpha value is -1.76. The number of nitrogens with zero attached hydrogens (tertiary/aromatic N) is 2. The van der Waals surface area contributed by atoms with Gasteiger partial charge in [0.2, 0.25) is 0 Å². The molecule has 1 heterocycles. The van der Waals surface area contributed by atoms with Gasteiger partial charge in [-0.25, -0.2) is 13.4 Å². The number of anilines is 2. The van der Waals surface area contributed by atoms with Gasteiger partial charge in [-0.05, 0) is 57.0 Å². The molecule has 0 radical (unpaired) electrons. The van der Waals surface area contributed by atoms with E-state index in [0.29, 0.717) is 10.7 Å². The van der Waals surface area contributed by atoms with Gasteiger partial charge in [-0.1, -0.05) is 36.2 Å². The van der Waals surface area contributed by atoms with Crippen LogP contribution in [-0.2, 0) is 10.0 Å². The maximum absolute atomic E-state index is 13.2. The highest BCUT2D eigenvalue weighted by molar-refractivity contribution is 7.92. The number of sulfonamides is 1. The van der Waals surface area contributed by atoms with Crippen LogP contribution in [0.5, 0.6) is 0 Å². The monoisotopic (exact) mass is 407 g/mol. The van der Waals surface area contributed by atoms with Gasteiger partial charge in [0, 0.05) is 19.1 Å². The van der Waals surface area contributed by atoms with Crippen molar-refractivity contribution in [3.05, 3.63) is 53.6 Å². The number of halogens is 1. The van der Waals surface area contributed by atoms with E-state index < -0.39 is 10.0 Å². The van der Waals surface area contributed by atoms with Crippen molar-refractivity contribution in [3.8, 4) is 0 Å². The lowest BCUT2D eigenvalue weighted by Crippen LogP contribution is -2.37. The number of hydrazine groups is 1. The second-order valence-electron chi connectivity index (χ2n) is 7.03. The molecule has 2 aromatic rings. The molecule has 1 saturated heterocycles. The fourth-order valence-corrected chi connectivity index (χ4v) is 5.17. The predicted molar refractivity (Wildman–Crippen MR) is 112 cm³/mol. The van der Waals surface area contributed by atoms with Crippen LogP contribution in [0.4, 0.5) is 11.4 Å². The lowest BCUT2D eigenvalue weighted by molar-refractivity contribution is 0.273. The zero-order valence-electron chi connectivity index (χ0n) is 15.7. The van der Waals surface area contributed by atoms with Crippen LogP contribution in [0.2, 0.25) is 5.02 Å². The number of hydrogen-bond acceptors (Lipinski definition) is 4. The summed E-state index contributed by atoms with van der Waals surface area (Å²) in [5.41, 5.74) is 4.68. The van der Waals surface area contributed by atoms with E-state index in [1.165, 1.54) is 10.7 Å². The molecule has 27 heavy (non-hydrogen) atoms. The summed E-state index contributed by atoms with van der Waals surface area (Å²) in [6.07, 6.45) is 3.53. The van der Waals surface area contributed by atoms with Crippen molar-refractivity contribution < 1.29 is 8.42 Å². The minimum atomic E-state index is -3.67. The molecule has 0 aliphatic carbocycles. The lowest BCUT2D eigenvalue weighted by Gasteiger charge is -2.31. The van der Waals surface area contributed by atoms with E-state index in [9.17, 15) is 8.42 Å². The van der Waals surface area contributed by atoms with Crippen molar-refractivity contribution in [2.45, 2.75) is 44.0 Å². The number of nitrogens with one attached hydrogen (secondary N) is 1. The predicted octanol–water partition coefficient (Wildman–Crippen LogP) is 4.76. The van der Waals surface area contributed by atoms with Gasteiger partial charge in [-0.15, -0.1) is 0 Å². The molecule has 0 spiro atoms.